The van der Waals surface area contributed by atoms with E-state index in [1.807, 2.05) is 16.7 Å². The van der Waals surface area contributed by atoms with Gasteiger partial charge >= 0.3 is 0 Å². The second-order valence-corrected chi connectivity index (χ2v) is 8.46. The van der Waals surface area contributed by atoms with E-state index in [4.69, 9.17) is 0 Å². The summed E-state index contributed by atoms with van der Waals surface area (Å²) in [5.41, 5.74) is 5.16. The summed E-state index contributed by atoms with van der Waals surface area (Å²) in [5.74, 6) is 1.18. The third kappa shape index (κ3) is 3.91. The molecule has 1 aromatic heterocycles. The number of carbonyl (C=O) groups is 1. The van der Waals surface area contributed by atoms with Crippen molar-refractivity contribution in [2.45, 2.75) is 43.9 Å². The number of benzene rings is 2. The van der Waals surface area contributed by atoms with Crippen LogP contribution in [0.25, 0.3) is 10.9 Å². The second-order valence-electron chi connectivity index (χ2n) is 7.44. The van der Waals surface area contributed by atoms with Crippen molar-refractivity contribution in [3.05, 3.63) is 65.4 Å². The lowest BCUT2D eigenvalue weighted by Gasteiger charge is -2.15. The minimum absolute atomic E-state index is 0.235. The van der Waals surface area contributed by atoms with E-state index < -0.39 is 0 Å². The molecule has 4 rings (SSSR count). The zero-order valence-corrected chi connectivity index (χ0v) is 16.9. The quantitative estimate of drug-likeness (QED) is 0.572. The number of hydrogen-bond acceptors (Lipinski definition) is 2. The topological polar surface area (TPSA) is 25.2 Å². The molecule has 1 amide bonds. The lowest BCUT2D eigenvalue weighted by Crippen LogP contribution is -2.30. The summed E-state index contributed by atoms with van der Waals surface area (Å²) in [6.07, 6.45) is 4.43. The Hall–Kier alpha value is -2.20. The van der Waals surface area contributed by atoms with Crippen LogP contribution in [0.2, 0.25) is 0 Å². The Morgan fingerprint density at radius 3 is 2.67 bits per heavy atom. The molecule has 2 aromatic carbocycles. The largest absolute Gasteiger partial charge is 0.341 e. The van der Waals surface area contributed by atoms with Crippen LogP contribution in [0.15, 0.2) is 53.6 Å². The van der Waals surface area contributed by atoms with E-state index in [0.29, 0.717) is 6.54 Å². The highest BCUT2D eigenvalue weighted by Gasteiger charge is 2.19. The van der Waals surface area contributed by atoms with E-state index >= 15 is 0 Å². The molecule has 0 aliphatic carbocycles. The van der Waals surface area contributed by atoms with Crippen molar-refractivity contribution in [1.29, 1.82) is 0 Å². The summed E-state index contributed by atoms with van der Waals surface area (Å²) in [4.78, 5) is 15.9. The first kappa shape index (κ1) is 18.2. The number of amides is 1. The molecule has 0 bridgehead atoms. The van der Waals surface area contributed by atoms with Gasteiger partial charge in [-0.1, -0.05) is 42.0 Å². The molecule has 0 radical (unpaired) electrons. The molecule has 0 atom stereocenters. The predicted molar refractivity (Wildman–Crippen MR) is 113 cm³/mol. The maximum Gasteiger partial charge on any atom is 0.242 e. The highest BCUT2D eigenvalue weighted by molar-refractivity contribution is 7.98. The van der Waals surface area contributed by atoms with E-state index in [0.717, 1.165) is 37.2 Å². The lowest BCUT2D eigenvalue weighted by molar-refractivity contribution is -0.130. The molecule has 3 aromatic rings. The smallest absolute Gasteiger partial charge is 0.242 e. The Kier molecular flexibility index (Phi) is 5.26. The van der Waals surface area contributed by atoms with Crippen molar-refractivity contribution in [3.8, 4) is 0 Å². The number of fused-ring (bicyclic) bond motifs is 1. The Bertz CT molecular complexity index is 970. The molecule has 0 saturated carbocycles. The van der Waals surface area contributed by atoms with Crippen LogP contribution in [0, 0.1) is 13.8 Å². The number of hydrogen-bond donors (Lipinski definition) is 0. The van der Waals surface area contributed by atoms with Crippen molar-refractivity contribution < 1.29 is 4.79 Å². The Labute approximate surface area is 165 Å². The van der Waals surface area contributed by atoms with Gasteiger partial charge in [0.1, 0.15) is 6.54 Å². The first-order valence-electron chi connectivity index (χ1n) is 9.66. The fourth-order valence-electron chi connectivity index (χ4n) is 3.78. The van der Waals surface area contributed by atoms with Crippen molar-refractivity contribution in [2.75, 3.05) is 13.1 Å². The molecule has 2 heterocycles. The van der Waals surface area contributed by atoms with Gasteiger partial charge in [0.25, 0.3) is 0 Å². The highest BCUT2D eigenvalue weighted by atomic mass is 32.2. The number of nitrogens with zero attached hydrogens (tertiary/aromatic N) is 2. The van der Waals surface area contributed by atoms with E-state index in [1.54, 1.807) is 0 Å². The summed E-state index contributed by atoms with van der Waals surface area (Å²) in [6, 6.07) is 15.1. The molecule has 0 spiro atoms. The molecule has 27 heavy (non-hydrogen) atoms. The minimum Gasteiger partial charge on any atom is -0.341 e. The maximum atomic E-state index is 12.6. The Morgan fingerprint density at radius 2 is 1.85 bits per heavy atom. The molecule has 1 aliphatic heterocycles. The zero-order chi connectivity index (χ0) is 18.8. The second kappa shape index (κ2) is 7.81. The monoisotopic (exact) mass is 378 g/mol. The predicted octanol–water partition coefficient (Wildman–Crippen LogP) is 5.17. The number of para-hydroxylation sites is 1. The SMILES string of the molecule is Cc1ccc(C)c(CSc2cn(CC(=O)N3CCCC3)c3ccccc23)c1. The van der Waals surface area contributed by atoms with Gasteiger partial charge in [-0.05, 0) is 43.9 Å². The average Bonchev–Trinajstić information content (AvgIpc) is 3.32. The summed E-state index contributed by atoms with van der Waals surface area (Å²) in [6.45, 7) is 6.57. The third-order valence-electron chi connectivity index (χ3n) is 5.40. The molecule has 0 N–H and O–H groups in total. The highest BCUT2D eigenvalue weighted by Crippen LogP contribution is 2.33. The number of rotatable bonds is 5. The lowest BCUT2D eigenvalue weighted by atomic mass is 10.1. The number of thioether (sulfide) groups is 1. The minimum atomic E-state index is 0.235. The fourth-order valence-corrected chi connectivity index (χ4v) is 4.93. The van der Waals surface area contributed by atoms with Crippen LogP contribution in [-0.4, -0.2) is 28.5 Å². The summed E-state index contributed by atoms with van der Waals surface area (Å²) >= 11 is 1.86. The molecular formula is C23H26N2OS. The van der Waals surface area contributed by atoms with Crippen LogP contribution in [0.5, 0.6) is 0 Å². The number of aromatic nitrogens is 1. The molecule has 140 valence electrons. The van der Waals surface area contributed by atoms with Gasteiger partial charge in [0.15, 0.2) is 0 Å². The van der Waals surface area contributed by atoms with Gasteiger partial charge in [0.05, 0.1) is 0 Å². The molecule has 3 nitrogen and oxygen atoms in total. The Morgan fingerprint density at radius 1 is 1.07 bits per heavy atom. The molecule has 1 saturated heterocycles. The van der Waals surface area contributed by atoms with Crippen LogP contribution < -0.4 is 0 Å². The van der Waals surface area contributed by atoms with Crippen LogP contribution in [0.3, 0.4) is 0 Å². The van der Waals surface area contributed by atoms with Gasteiger partial charge in [-0.3, -0.25) is 4.79 Å². The van der Waals surface area contributed by atoms with Gasteiger partial charge < -0.3 is 9.47 Å². The van der Waals surface area contributed by atoms with E-state index in [1.165, 1.54) is 27.0 Å². The van der Waals surface area contributed by atoms with Crippen LogP contribution in [0.4, 0.5) is 0 Å². The van der Waals surface area contributed by atoms with Crippen molar-refractivity contribution in [3.63, 3.8) is 0 Å². The van der Waals surface area contributed by atoms with Gasteiger partial charge in [0, 0.05) is 40.8 Å². The van der Waals surface area contributed by atoms with Crippen molar-refractivity contribution in [1.82, 2.24) is 9.47 Å². The molecular weight excluding hydrogens is 352 g/mol. The van der Waals surface area contributed by atoms with Crippen LogP contribution in [0.1, 0.15) is 29.5 Å². The summed E-state index contributed by atoms with van der Waals surface area (Å²) in [7, 11) is 0. The molecule has 4 heteroatoms. The molecule has 1 aliphatic rings. The average molecular weight is 379 g/mol. The first-order chi connectivity index (χ1) is 13.1. The van der Waals surface area contributed by atoms with Gasteiger partial charge in [-0.25, -0.2) is 0 Å². The zero-order valence-electron chi connectivity index (χ0n) is 16.1. The van der Waals surface area contributed by atoms with Crippen molar-refractivity contribution >= 4 is 28.6 Å². The normalized spacial score (nSPS) is 14.2. The fraction of sp³-hybridized carbons (Fsp3) is 0.348. The van der Waals surface area contributed by atoms with Gasteiger partial charge in [0.2, 0.25) is 5.91 Å². The summed E-state index contributed by atoms with van der Waals surface area (Å²) in [5, 5.41) is 1.24. The Balaban J connectivity index is 1.57. The van der Waals surface area contributed by atoms with Gasteiger partial charge in [-0.2, -0.15) is 0 Å². The number of likely N-dealkylation sites (tertiary alicyclic amines) is 1. The van der Waals surface area contributed by atoms with E-state index in [9.17, 15) is 4.79 Å². The standard InChI is InChI=1S/C23H26N2OS/c1-17-9-10-18(2)19(13-17)16-27-22-14-25(21-8-4-3-7-20(21)22)15-23(26)24-11-5-6-12-24/h3-4,7-10,13-14H,5-6,11-12,15-16H2,1-2H3. The van der Waals surface area contributed by atoms with E-state index in [-0.39, 0.29) is 5.91 Å². The van der Waals surface area contributed by atoms with Crippen LogP contribution >= 0.6 is 11.8 Å². The van der Waals surface area contributed by atoms with Crippen LogP contribution in [-0.2, 0) is 17.1 Å². The first-order valence-corrected chi connectivity index (χ1v) is 10.6. The maximum absolute atomic E-state index is 12.6. The third-order valence-corrected chi connectivity index (χ3v) is 6.50. The van der Waals surface area contributed by atoms with E-state index in [2.05, 4.69) is 67.1 Å². The summed E-state index contributed by atoms with van der Waals surface area (Å²) < 4.78 is 2.13. The van der Waals surface area contributed by atoms with Crippen molar-refractivity contribution in [2.24, 2.45) is 0 Å². The van der Waals surface area contributed by atoms with Gasteiger partial charge in [-0.15, -0.1) is 11.8 Å². The molecule has 0 unspecified atom stereocenters. The number of carbonyl (C=O) groups excluding carboxylic acids is 1. The number of aryl methyl sites for hydroxylation is 2. The molecule has 1 fully saturated rings.